The summed E-state index contributed by atoms with van der Waals surface area (Å²) in [6.45, 7) is 1.19. The molecular weight excluding hydrogens is 184 g/mol. The lowest BCUT2D eigenvalue weighted by Gasteiger charge is -2.52. The quantitative estimate of drug-likeness (QED) is 0.623. The van der Waals surface area contributed by atoms with Gasteiger partial charge in [-0.15, -0.1) is 0 Å². The predicted molar refractivity (Wildman–Crippen MR) is 52.3 cm³/mol. The third-order valence-corrected chi connectivity index (χ3v) is 3.99. The minimum Gasteiger partial charge on any atom is -0.247 e. The maximum Gasteiger partial charge on any atom is 0.294 e. The van der Waals surface area contributed by atoms with Gasteiger partial charge in [-0.2, -0.15) is 8.78 Å². The zero-order valence-corrected chi connectivity index (χ0v) is 8.81. The fourth-order valence-electron chi connectivity index (χ4n) is 3.20. The van der Waals surface area contributed by atoms with E-state index in [0.29, 0.717) is 13.1 Å². The van der Waals surface area contributed by atoms with Gasteiger partial charge in [0.05, 0.1) is 0 Å². The number of rotatable bonds is 2. The molecule has 0 N–H and O–H groups in total. The number of piperidine rings is 1. The minimum atomic E-state index is -2.24. The van der Waals surface area contributed by atoms with Crippen LogP contribution in [-0.2, 0) is 0 Å². The van der Waals surface area contributed by atoms with Crippen LogP contribution in [0.3, 0.4) is 0 Å². The molecule has 1 aliphatic carbocycles. The van der Waals surface area contributed by atoms with Crippen LogP contribution in [0, 0.1) is 11.3 Å². The van der Waals surface area contributed by atoms with Crippen LogP contribution in [0.2, 0.25) is 0 Å². The maximum atomic E-state index is 12.5. The van der Waals surface area contributed by atoms with Gasteiger partial charge in [-0.05, 0) is 37.0 Å². The van der Waals surface area contributed by atoms with Crippen molar-refractivity contribution >= 4 is 0 Å². The highest BCUT2D eigenvalue weighted by atomic mass is 19.3. The van der Waals surface area contributed by atoms with E-state index < -0.39 is 6.55 Å². The van der Waals surface area contributed by atoms with Crippen molar-refractivity contribution in [1.82, 2.24) is 4.90 Å². The van der Waals surface area contributed by atoms with E-state index in [1.165, 1.54) is 30.6 Å². The van der Waals surface area contributed by atoms with Gasteiger partial charge in [0.2, 0.25) is 0 Å². The van der Waals surface area contributed by atoms with E-state index in [2.05, 4.69) is 6.92 Å². The molecule has 1 saturated carbocycles. The van der Waals surface area contributed by atoms with Crippen molar-refractivity contribution in [2.75, 3.05) is 13.1 Å². The molecule has 1 aliphatic heterocycles. The summed E-state index contributed by atoms with van der Waals surface area (Å²) in [5, 5.41) is 0. The Balaban J connectivity index is 1.89. The van der Waals surface area contributed by atoms with E-state index in [4.69, 9.17) is 0 Å². The van der Waals surface area contributed by atoms with Gasteiger partial charge in [-0.1, -0.05) is 13.3 Å². The first-order valence-corrected chi connectivity index (χ1v) is 5.67. The van der Waals surface area contributed by atoms with E-state index in [1.807, 2.05) is 0 Å². The lowest BCUT2D eigenvalue weighted by atomic mass is 9.58. The standard InChI is InChI=1S/C11H19F2N/c1-2-9-6-11(7-9)4-3-5-14(8-11)10(12)13/h9-10H,2-8H2,1H3. The SMILES string of the molecule is CCC1CC2(CCCN(C(F)F)C2)C1. The number of halogens is 2. The van der Waals surface area contributed by atoms with Crippen molar-refractivity contribution in [2.45, 2.75) is 45.6 Å². The molecule has 1 spiro atoms. The Morgan fingerprint density at radius 2 is 2.14 bits per heavy atom. The zero-order chi connectivity index (χ0) is 10.2. The van der Waals surface area contributed by atoms with Crippen molar-refractivity contribution in [1.29, 1.82) is 0 Å². The van der Waals surface area contributed by atoms with Gasteiger partial charge in [-0.3, -0.25) is 0 Å². The van der Waals surface area contributed by atoms with Crippen LogP contribution in [-0.4, -0.2) is 24.5 Å². The highest BCUT2D eigenvalue weighted by molar-refractivity contribution is 4.97. The summed E-state index contributed by atoms with van der Waals surface area (Å²) in [5.41, 5.74) is 0.273. The lowest BCUT2D eigenvalue weighted by Crippen LogP contribution is -2.51. The molecule has 0 aromatic heterocycles. The summed E-state index contributed by atoms with van der Waals surface area (Å²) >= 11 is 0. The molecule has 3 heteroatoms. The molecule has 0 aromatic rings. The van der Waals surface area contributed by atoms with E-state index in [-0.39, 0.29) is 5.41 Å². The van der Waals surface area contributed by atoms with Crippen LogP contribution >= 0.6 is 0 Å². The minimum absolute atomic E-state index is 0.273. The Kier molecular flexibility index (Phi) is 2.78. The molecule has 0 aromatic carbocycles. The first kappa shape index (κ1) is 10.3. The largest absolute Gasteiger partial charge is 0.294 e. The topological polar surface area (TPSA) is 3.24 Å². The molecule has 82 valence electrons. The Labute approximate surface area is 84.5 Å². The Morgan fingerprint density at radius 1 is 1.43 bits per heavy atom. The molecule has 0 unspecified atom stereocenters. The fraction of sp³-hybridized carbons (Fsp3) is 1.00. The summed E-state index contributed by atoms with van der Waals surface area (Å²) in [6, 6.07) is 0. The zero-order valence-electron chi connectivity index (χ0n) is 8.81. The first-order chi connectivity index (χ1) is 6.65. The van der Waals surface area contributed by atoms with Crippen LogP contribution in [0.25, 0.3) is 0 Å². The monoisotopic (exact) mass is 203 g/mol. The summed E-state index contributed by atoms with van der Waals surface area (Å²) in [4.78, 5) is 1.36. The summed E-state index contributed by atoms with van der Waals surface area (Å²) < 4.78 is 25.1. The van der Waals surface area contributed by atoms with E-state index in [1.54, 1.807) is 0 Å². The van der Waals surface area contributed by atoms with Crippen molar-refractivity contribution in [3.63, 3.8) is 0 Å². The number of likely N-dealkylation sites (tertiary alicyclic amines) is 1. The lowest BCUT2D eigenvalue weighted by molar-refractivity contribution is -0.105. The van der Waals surface area contributed by atoms with Gasteiger partial charge < -0.3 is 0 Å². The molecule has 1 saturated heterocycles. The van der Waals surface area contributed by atoms with Gasteiger partial charge in [0.25, 0.3) is 6.55 Å². The molecule has 0 amide bonds. The second-order valence-electron chi connectivity index (χ2n) is 5.03. The highest BCUT2D eigenvalue weighted by Gasteiger charge is 2.46. The number of nitrogens with zero attached hydrogens (tertiary/aromatic N) is 1. The Hall–Kier alpha value is -0.180. The Morgan fingerprint density at radius 3 is 2.71 bits per heavy atom. The van der Waals surface area contributed by atoms with E-state index in [0.717, 1.165) is 12.3 Å². The molecule has 2 rings (SSSR count). The van der Waals surface area contributed by atoms with Crippen molar-refractivity contribution in [3.8, 4) is 0 Å². The van der Waals surface area contributed by atoms with Crippen molar-refractivity contribution in [2.24, 2.45) is 11.3 Å². The number of hydrogen-bond donors (Lipinski definition) is 0. The van der Waals surface area contributed by atoms with E-state index in [9.17, 15) is 8.78 Å². The van der Waals surface area contributed by atoms with Crippen molar-refractivity contribution in [3.05, 3.63) is 0 Å². The second kappa shape index (κ2) is 3.76. The van der Waals surface area contributed by atoms with Crippen LogP contribution < -0.4 is 0 Å². The summed E-state index contributed by atoms with van der Waals surface area (Å²) in [5.74, 6) is 0.813. The van der Waals surface area contributed by atoms with Gasteiger partial charge in [-0.25, -0.2) is 4.90 Å². The molecule has 1 nitrogen and oxygen atoms in total. The van der Waals surface area contributed by atoms with Gasteiger partial charge in [0.15, 0.2) is 0 Å². The molecule has 0 bridgehead atoms. The average Bonchev–Trinajstić information content (AvgIpc) is 2.14. The van der Waals surface area contributed by atoms with Crippen LogP contribution in [0.5, 0.6) is 0 Å². The molecule has 0 atom stereocenters. The van der Waals surface area contributed by atoms with E-state index >= 15 is 0 Å². The van der Waals surface area contributed by atoms with Crippen molar-refractivity contribution < 1.29 is 8.78 Å². The maximum absolute atomic E-state index is 12.5. The van der Waals surface area contributed by atoms with Gasteiger partial charge >= 0.3 is 0 Å². The third-order valence-electron chi connectivity index (χ3n) is 3.99. The van der Waals surface area contributed by atoms with Crippen LogP contribution in [0.15, 0.2) is 0 Å². The molecule has 0 radical (unpaired) electrons. The van der Waals surface area contributed by atoms with Crippen LogP contribution in [0.1, 0.15) is 39.0 Å². The molecular formula is C11H19F2N. The summed E-state index contributed by atoms with van der Waals surface area (Å²) in [7, 11) is 0. The fourth-order valence-corrected chi connectivity index (χ4v) is 3.20. The molecule has 1 heterocycles. The molecule has 2 aliphatic rings. The number of alkyl halides is 2. The van der Waals surface area contributed by atoms with Gasteiger partial charge in [0.1, 0.15) is 0 Å². The highest BCUT2D eigenvalue weighted by Crippen LogP contribution is 2.52. The number of hydrogen-bond acceptors (Lipinski definition) is 1. The molecule has 2 fully saturated rings. The third kappa shape index (κ3) is 1.79. The van der Waals surface area contributed by atoms with Gasteiger partial charge in [0, 0.05) is 13.1 Å². The predicted octanol–water partition coefficient (Wildman–Crippen LogP) is 3.11. The normalized spacial score (nSPS) is 39.0. The first-order valence-electron chi connectivity index (χ1n) is 5.67. The Bertz CT molecular complexity index is 199. The molecule has 14 heavy (non-hydrogen) atoms. The second-order valence-corrected chi connectivity index (χ2v) is 5.03. The van der Waals surface area contributed by atoms with Crippen LogP contribution in [0.4, 0.5) is 8.78 Å². The smallest absolute Gasteiger partial charge is 0.247 e. The summed E-state index contributed by atoms with van der Waals surface area (Å²) in [6.07, 6.45) is 5.73. The average molecular weight is 203 g/mol.